The Kier molecular flexibility index (Phi) is 5.65. The number of anilines is 1. The molecule has 0 saturated carbocycles. The fraction of sp³-hybridized carbons (Fsp3) is 0.0952. The first-order valence-corrected chi connectivity index (χ1v) is 8.43. The van der Waals surface area contributed by atoms with Crippen molar-refractivity contribution < 1.29 is 9.59 Å². The Balaban J connectivity index is 1.57. The van der Waals surface area contributed by atoms with Gasteiger partial charge < -0.3 is 15.2 Å². The van der Waals surface area contributed by atoms with Gasteiger partial charge in [-0.25, -0.2) is 0 Å². The number of carbonyl (C=O) groups is 2. The van der Waals surface area contributed by atoms with Crippen LogP contribution >= 0.6 is 0 Å². The molecule has 3 aromatic rings. The number of amides is 2. The maximum absolute atomic E-state index is 12.4. The van der Waals surface area contributed by atoms with Gasteiger partial charge in [-0.2, -0.15) is 5.26 Å². The van der Waals surface area contributed by atoms with E-state index >= 15 is 0 Å². The van der Waals surface area contributed by atoms with Gasteiger partial charge in [0.2, 0.25) is 5.91 Å². The summed E-state index contributed by atoms with van der Waals surface area (Å²) in [5, 5.41) is 14.0. The molecular weight excluding hydrogens is 340 g/mol. The molecule has 1 heterocycles. The fourth-order valence-electron chi connectivity index (χ4n) is 2.54. The maximum Gasteiger partial charge on any atom is 0.255 e. The minimum atomic E-state index is -0.307. The molecule has 2 amide bonds. The topological polar surface area (TPSA) is 86.9 Å². The lowest BCUT2D eigenvalue weighted by Gasteiger charge is -2.08. The van der Waals surface area contributed by atoms with Crippen molar-refractivity contribution >= 4 is 17.5 Å². The smallest absolute Gasteiger partial charge is 0.255 e. The fourth-order valence-corrected chi connectivity index (χ4v) is 2.54. The summed E-state index contributed by atoms with van der Waals surface area (Å²) in [6.07, 6.45) is 3.73. The predicted octanol–water partition coefficient (Wildman–Crippen LogP) is 3.26. The van der Waals surface area contributed by atoms with Crippen LogP contribution in [0.2, 0.25) is 0 Å². The van der Waals surface area contributed by atoms with Crippen LogP contribution in [-0.4, -0.2) is 16.4 Å². The van der Waals surface area contributed by atoms with Crippen LogP contribution in [0.3, 0.4) is 0 Å². The van der Waals surface area contributed by atoms with Gasteiger partial charge in [0.25, 0.3) is 5.91 Å². The van der Waals surface area contributed by atoms with Gasteiger partial charge in [-0.05, 0) is 54.1 Å². The summed E-state index contributed by atoms with van der Waals surface area (Å²) in [4.78, 5) is 23.7. The average Bonchev–Trinajstić information content (AvgIpc) is 3.23. The lowest BCUT2D eigenvalue weighted by Crippen LogP contribution is -2.21. The van der Waals surface area contributed by atoms with Crippen molar-refractivity contribution in [3.05, 3.63) is 84.2 Å². The van der Waals surface area contributed by atoms with E-state index in [1.165, 1.54) is 0 Å². The van der Waals surface area contributed by atoms with Crippen molar-refractivity contribution in [1.29, 1.82) is 5.26 Å². The van der Waals surface area contributed by atoms with E-state index < -0.39 is 0 Å². The second-order valence-corrected chi connectivity index (χ2v) is 5.90. The maximum atomic E-state index is 12.4. The molecule has 0 radical (unpaired) electrons. The first-order chi connectivity index (χ1) is 13.2. The van der Waals surface area contributed by atoms with Gasteiger partial charge in [0.1, 0.15) is 6.42 Å². The zero-order valence-electron chi connectivity index (χ0n) is 14.6. The third kappa shape index (κ3) is 4.83. The Labute approximate surface area is 157 Å². The van der Waals surface area contributed by atoms with Gasteiger partial charge in [-0.1, -0.05) is 12.1 Å². The molecule has 6 nitrogen and oxygen atoms in total. The molecule has 0 bridgehead atoms. The lowest BCUT2D eigenvalue weighted by molar-refractivity contribution is -0.120. The molecule has 3 rings (SSSR count). The third-order valence-electron chi connectivity index (χ3n) is 3.97. The van der Waals surface area contributed by atoms with Crippen molar-refractivity contribution in [2.24, 2.45) is 0 Å². The van der Waals surface area contributed by atoms with Crippen molar-refractivity contribution in [2.75, 3.05) is 5.32 Å². The summed E-state index contributed by atoms with van der Waals surface area (Å²) in [5.74, 6) is -0.498. The summed E-state index contributed by atoms with van der Waals surface area (Å²) in [5.41, 5.74) is 3.11. The number of benzene rings is 2. The molecule has 0 aliphatic rings. The van der Waals surface area contributed by atoms with Gasteiger partial charge in [0, 0.05) is 35.9 Å². The molecular formula is C21H18N4O2. The monoisotopic (exact) mass is 358 g/mol. The lowest BCUT2D eigenvalue weighted by atomic mass is 10.1. The van der Waals surface area contributed by atoms with Gasteiger partial charge in [-0.15, -0.1) is 0 Å². The van der Waals surface area contributed by atoms with Crippen LogP contribution in [-0.2, 0) is 11.3 Å². The SMILES string of the molecule is N#CCC(=O)NCc1ccc(NC(=O)c2ccc(-n3cccc3)cc2)cc1. The van der Waals surface area contributed by atoms with E-state index in [0.29, 0.717) is 17.8 Å². The quantitative estimate of drug-likeness (QED) is 0.709. The summed E-state index contributed by atoms with van der Waals surface area (Å²) >= 11 is 0. The standard InChI is InChI=1S/C21H18N4O2/c22-12-11-20(26)23-15-16-3-7-18(8-4-16)24-21(27)17-5-9-19(10-6-17)25-13-1-2-14-25/h1-10,13-14H,11,15H2,(H,23,26)(H,24,27). The van der Waals surface area contributed by atoms with Crippen LogP contribution in [0.1, 0.15) is 22.3 Å². The second kappa shape index (κ2) is 8.50. The van der Waals surface area contributed by atoms with Gasteiger partial charge in [-0.3, -0.25) is 9.59 Å². The number of carbonyl (C=O) groups excluding carboxylic acids is 2. The van der Waals surface area contributed by atoms with E-state index in [1.54, 1.807) is 30.3 Å². The highest BCUT2D eigenvalue weighted by Gasteiger charge is 2.07. The number of hydrogen-bond acceptors (Lipinski definition) is 3. The Morgan fingerprint density at radius 3 is 2.26 bits per heavy atom. The van der Waals surface area contributed by atoms with Gasteiger partial charge in [0.15, 0.2) is 0 Å². The van der Waals surface area contributed by atoms with E-state index in [4.69, 9.17) is 5.26 Å². The van der Waals surface area contributed by atoms with E-state index in [2.05, 4.69) is 10.6 Å². The number of aromatic nitrogens is 1. The third-order valence-corrected chi connectivity index (χ3v) is 3.97. The Hall–Kier alpha value is -3.85. The molecule has 2 aromatic carbocycles. The highest BCUT2D eigenvalue weighted by Crippen LogP contribution is 2.14. The molecule has 0 saturated heterocycles. The number of nitriles is 1. The number of hydrogen-bond donors (Lipinski definition) is 2. The van der Waals surface area contributed by atoms with Crippen LogP contribution in [0.4, 0.5) is 5.69 Å². The summed E-state index contributed by atoms with van der Waals surface area (Å²) in [6.45, 7) is 0.343. The zero-order valence-corrected chi connectivity index (χ0v) is 14.6. The second-order valence-electron chi connectivity index (χ2n) is 5.90. The largest absolute Gasteiger partial charge is 0.351 e. The molecule has 0 aliphatic carbocycles. The first kappa shape index (κ1) is 18.0. The predicted molar refractivity (Wildman–Crippen MR) is 102 cm³/mol. The first-order valence-electron chi connectivity index (χ1n) is 8.43. The normalized spacial score (nSPS) is 10.0. The van der Waals surface area contributed by atoms with E-state index in [0.717, 1.165) is 11.3 Å². The summed E-state index contributed by atoms with van der Waals surface area (Å²) in [6, 6.07) is 20.2. The van der Waals surface area contributed by atoms with Crippen LogP contribution in [0.25, 0.3) is 5.69 Å². The molecule has 27 heavy (non-hydrogen) atoms. The zero-order chi connectivity index (χ0) is 19.1. The molecule has 1 aromatic heterocycles. The summed E-state index contributed by atoms with van der Waals surface area (Å²) < 4.78 is 1.97. The number of nitrogens with zero attached hydrogens (tertiary/aromatic N) is 2. The number of rotatable bonds is 6. The van der Waals surface area contributed by atoms with E-state index in [9.17, 15) is 9.59 Å². The number of nitrogens with one attached hydrogen (secondary N) is 2. The Bertz CT molecular complexity index is 953. The molecule has 0 fully saturated rings. The van der Waals surface area contributed by atoms with Crippen molar-refractivity contribution in [3.8, 4) is 11.8 Å². The minimum absolute atomic E-state index is 0.155. The average molecular weight is 358 g/mol. The van der Waals surface area contributed by atoms with Crippen molar-refractivity contribution in [3.63, 3.8) is 0 Å². The van der Waals surface area contributed by atoms with Crippen molar-refractivity contribution in [2.45, 2.75) is 13.0 Å². The molecule has 0 unspecified atom stereocenters. The molecule has 2 N–H and O–H groups in total. The van der Waals surface area contributed by atoms with Crippen LogP contribution in [0.15, 0.2) is 73.1 Å². The highest BCUT2D eigenvalue weighted by atomic mass is 16.2. The van der Waals surface area contributed by atoms with Gasteiger partial charge >= 0.3 is 0 Å². The van der Waals surface area contributed by atoms with Crippen LogP contribution in [0, 0.1) is 11.3 Å². The molecule has 0 atom stereocenters. The Morgan fingerprint density at radius 2 is 1.63 bits per heavy atom. The summed E-state index contributed by atoms with van der Waals surface area (Å²) in [7, 11) is 0. The molecule has 6 heteroatoms. The highest BCUT2D eigenvalue weighted by molar-refractivity contribution is 6.04. The molecule has 134 valence electrons. The van der Waals surface area contributed by atoms with Crippen LogP contribution < -0.4 is 10.6 Å². The van der Waals surface area contributed by atoms with Gasteiger partial charge in [0.05, 0.1) is 6.07 Å². The van der Waals surface area contributed by atoms with Crippen LogP contribution in [0.5, 0.6) is 0 Å². The minimum Gasteiger partial charge on any atom is -0.351 e. The van der Waals surface area contributed by atoms with E-state index in [1.807, 2.05) is 53.4 Å². The van der Waals surface area contributed by atoms with Crippen molar-refractivity contribution in [1.82, 2.24) is 9.88 Å². The van der Waals surface area contributed by atoms with E-state index in [-0.39, 0.29) is 18.2 Å². The molecule has 0 aliphatic heterocycles. The Morgan fingerprint density at radius 1 is 0.963 bits per heavy atom. The molecule has 0 spiro atoms.